The lowest BCUT2D eigenvalue weighted by Crippen LogP contribution is -2.21. The number of nitrogens with one attached hydrogen (secondary N) is 2. The summed E-state index contributed by atoms with van der Waals surface area (Å²) in [7, 11) is 1.55. The molecule has 30 heavy (non-hydrogen) atoms. The van der Waals surface area contributed by atoms with Crippen LogP contribution in [0.1, 0.15) is 10.5 Å². The molecule has 0 radical (unpaired) electrons. The van der Waals surface area contributed by atoms with Crippen molar-refractivity contribution in [1.29, 1.82) is 0 Å². The van der Waals surface area contributed by atoms with Crippen molar-refractivity contribution in [2.75, 3.05) is 24.4 Å². The Labute approximate surface area is 169 Å². The largest absolute Gasteiger partial charge is 0.497 e. The maximum absolute atomic E-state index is 12.5. The third-order valence-corrected chi connectivity index (χ3v) is 3.65. The Morgan fingerprint density at radius 1 is 1.10 bits per heavy atom. The molecule has 156 valence electrons. The highest BCUT2D eigenvalue weighted by Gasteiger charge is 2.29. The van der Waals surface area contributed by atoms with Gasteiger partial charge in [0, 0.05) is 24.1 Å². The number of ether oxygens (including phenoxy) is 2. The lowest BCUT2D eigenvalue weighted by Gasteiger charge is -2.13. The number of methoxy groups -OCH3 is 1. The smallest absolute Gasteiger partial charge is 0.422 e. The number of hydrogen-bond donors (Lipinski definition) is 2. The Morgan fingerprint density at radius 3 is 2.57 bits per heavy atom. The van der Waals surface area contributed by atoms with Crippen LogP contribution in [-0.2, 0) is 0 Å². The molecule has 0 atom stereocenters. The number of rotatable bonds is 7. The van der Waals surface area contributed by atoms with Crippen LogP contribution in [0, 0.1) is 0 Å². The zero-order valence-electron chi connectivity index (χ0n) is 15.6. The van der Waals surface area contributed by atoms with Gasteiger partial charge in [0.2, 0.25) is 5.95 Å². The summed E-state index contributed by atoms with van der Waals surface area (Å²) < 4.78 is 47.0. The molecule has 2 N–H and O–H groups in total. The molecule has 0 fully saturated rings. The molecule has 1 aromatic carbocycles. The van der Waals surface area contributed by atoms with E-state index in [0.717, 1.165) is 0 Å². The second-order valence-corrected chi connectivity index (χ2v) is 5.85. The van der Waals surface area contributed by atoms with Gasteiger partial charge in [-0.25, -0.2) is 9.97 Å². The van der Waals surface area contributed by atoms with Gasteiger partial charge in [-0.15, -0.1) is 0 Å². The van der Waals surface area contributed by atoms with Crippen LogP contribution in [0.2, 0.25) is 0 Å². The molecule has 0 unspecified atom stereocenters. The molecule has 0 spiro atoms. The molecule has 3 aromatic rings. The van der Waals surface area contributed by atoms with Crippen molar-refractivity contribution in [3.8, 4) is 11.5 Å². The number of carbonyl (C=O) groups excluding carboxylic acids is 1. The molecule has 0 aliphatic carbocycles. The first-order chi connectivity index (χ1) is 14.3. The number of halogens is 3. The van der Waals surface area contributed by atoms with E-state index >= 15 is 0 Å². The van der Waals surface area contributed by atoms with Crippen LogP contribution in [0.5, 0.6) is 11.5 Å². The summed E-state index contributed by atoms with van der Waals surface area (Å²) in [5, 5.41) is 5.38. The molecule has 8 nitrogen and oxygen atoms in total. The van der Waals surface area contributed by atoms with Crippen molar-refractivity contribution in [2.45, 2.75) is 6.18 Å². The van der Waals surface area contributed by atoms with E-state index in [1.54, 1.807) is 31.4 Å². The Kier molecular flexibility index (Phi) is 6.30. The van der Waals surface area contributed by atoms with Gasteiger partial charge < -0.3 is 20.1 Å². The lowest BCUT2D eigenvalue weighted by atomic mass is 10.3. The van der Waals surface area contributed by atoms with Crippen molar-refractivity contribution < 1.29 is 27.4 Å². The monoisotopic (exact) mass is 419 g/mol. The van der Waals surface area contributed by atoms with Crippen LogP contribution in [0.3, 0.4) is 0 Å². The van der Waals surface area contributed by atoms with E-state index in [-0.39, 0.29) is 23.1 Å². The second kappa shape index (κ2) is 9.07. The molecule has 11 heteroatoms. The van der Waals surface area contributed by atoms with E-state index in [1.165, 1.54) is 30.7 Å². The lowest BCUT2D eigenvalue weighted by molar-refractivity contribution is -0.153. The number of hydrogen-bond acceptors (Lipinski definition) is 7. The predicted molar refractivity (Wildman–Crippen MR) is 102 cm³/mol. The van der Waals surface area contributed by atoms with E-state index in [0.29, 0.717) is 11.4 Å². The Bertz CT molecular complexity index is 1010. The SMILES string of the molecule is COc1ccc(Nc2nccc(C(=O)Nc3cnccc3OCC(F)(F)F)n2)cc1. The van der Waals surface area contributed by atoms with Gasteiger partial charge in [0.15, 0.2) is 6.61 Å². The minimum Gasteiger partial charge on any atom is -0.497 e. The van der Waals surface area contributed by atoms with Gasteiger partial charge in [0.05, 0.1) is 13.3 Å². The van der Waals surface area contributed by atoms with Gasteiger partial charge in [-0.2, -0.15) is 13.2 Å². The number of alkyl halides is 3. The summed E-state index contributed by atoms with van der Waals surface area (Å²) in [4.78, 5) is 24.5. The summed E-state index contributed by atoms with van der Waals surface area (Å²) in [6, 6.07) is 9.55. The van der Waals surface area contributed by atoms with Gasteiger partial charge in [0.25, 0.3) is 5.91 Å². The molecular formula is C19H16F3N5O3. The fourth-order valence-corrected chi connectivity index (χ4v) is 2.30. The molecule has 2 aromatic heterocycles. The molecular weight excluding hydrogens is 403 g/mol. The zero-order valence-corrected chi connectivity index (χ0v) is 15.6. The second-order valence-electron chi connectivity index (χ2n) is 5.85. The Morgan fingerprint density at radius 2 is 1.87 bits per heavy atom. The van der Waals surface area contributed by atoms with Crippen LogP contribution in [-0.4, -0.2) is 40.8 Å². The molecule has 2 heterocycles. The third kappa shape index (κ3) is 5.80. The van der Waals surface area contributed by atoms with Gasteiger partial charge in [0.1, 0.15) is 22.9 Å². The first-order valence-electron chi connectivity index (χ1n) is 8.53. The fraction of sp³-hybridized carbons (Fsp3) is 0.158. The summed E-state index contributed by atoms with van der Waals surface area (Å²) in [6.07, 6.45) is -0.707. The number of pyridine rings is 1. The van der Waals surface area contributed by atoms with Crippen LogP contribution >= 0.6 is 0 Å². The van der Waals surface area contributed by atoms with Gasteiger partial charge in [-0.3, -0.25) is 9.78 Å². The average molecular weight is 419 g/mol. The summed E-state index contributed by atoms with van der Waals surface area (Å²) in [6.45, 7) is -1.50. The van der Waals surface area contributed by atoms with Crippen molar-refractivity contribution >= 4 is 23.2 Å². The number of benzene rings is 1. The van der Waals surface area contributed by atoms with Gasteiger partial charge in [-0.05, 0) is 30.3 Å². The summed E-state index contributed by atoms with van der Waals surface area (Å²) in [5.41, 5.74) is 0.644. The quantitative estimate of drug-likeness (QED) is 0.601. The number of anilines is 3. The van der Waals surface area contributed by atoms with Gasteiger partial charge in [-0.1, -0.05) is 0 Å². The highest BCUT2D eigenvalue weighted by Crippen LogP contribution is 2.26. The minimum absolute atomic E-state index is 0.00774. The normalized spacial score (nSPS) is 10.9. The number of aromatic nitrogens is 3. The van der Waals surface area contributed by atoms with Crippen LogP contribution in [0.25, 0.3) is 0 Å². The predicted octanol–water partition coefficient (Wildman–Crippen LogP) is 3.82. The Hall–Kier alpha value is -3.89. The molecule has 3 rings (SSSR count). The number of carbonyl (C=O) groups is 1. The highest BCUT2D eigenvalue weighted by molar-refractivity contribution is 6.03. The van der Waals surface area contributed by atoms with Crippen molar-refractivity contribution in [3.63, 3.8) is 0 Å². The van der Waals surface area contributed by atoms with E-state index in [9.17, 15) is 18.0 Å². The number of nitrogens with zero attached hydrogens (tertiary/aromatic N) is 3. The topological polar surface area (TPSA) is 98.3 Å². The average Bonchev–Trinajstić information content (AvgIpc) is 2.73. The van der Waals surface area contributed by atoms with Crippen molar-refractivity contribution in [3.05, 3.63) is 60.7 Å². The molecule has 0 saturated carbocycles. The Balaban J connectivity index is 1.71. The standard InChI is InChI=1S/C19H16F3N5O3/c1-29-13-4-2-12(3-5-13)25-18-24-9-6-14(27-18)17(28)26-15-10-23-8-7-16(15)30-11-19(20,21)22/h2-10H,11H2,1H3,(H,26,28)(H,24,25,27). The minimum atomic E-state index is -4.51. The molecule has 0 aliphatic heterocycles. The molecule has 0 bridgehead atoms. The maximum atomic E-state index is 12.5. The van der Waals surface area contributed by atoms with E-state index < -0.39 is 18.7 Å². The number of amides is 1. The van der Waals surface area contributed by atoms with E-state index in [2.05, 4.69) is 25.6 Å². The van der Waals surface area contributed by atoms with Crippen LogP contribution < -0.4 is 20.1 Å². The van der Waals surface area contributed by atoms with E-state index in [4.69, 9.17) is 9.47 Å². The van der Waals surface area contributed by atoms with Crippen molar-refractivity contribution in [1.82, 2.24) is 15.0 Å². The molecule has 0 saturated heterocycles. The van der Waals surface area contributed by atoms with Crippen LogP contribution in [0.4, 0.5) is 30.5 Å². The van der Waals surface area contributed by atoms with Gasteiger partial charge >= 0.3 is 6.18 Å². The summed E-state index contributed by atoms with van der Waals surface area (Å²) in [5.74, 6) is 0.00325. The first-order valence-corrected chi connectivity index (χ1v) is 8.53. The fourth-order valence-electron chi connectivity index (χ4n) is 2.30. The van der Waals surface area contributed by atoms with Crippen molar-refractivity contribution in [2.24, 2.45) is 0 Å². The van der Waals surface area contributed by atoms with E-state index in [1.807, 2.05) is 0 Å². The first kappa shape index (κ1) is 20.8. The maximum Gasteiger partial charge on any atom is 0.422 e. The molecule has 1 amide bonds. The molecule has 0 aliphatic rings. The third-order valence-electron chi connectivity index (χ3n) is 3.65. The summed E-state index contributed by atoms with van der Waals surface area (Å²) >= 11 is 0. The highest BCUT2D eigenvalue weighted by atomic mass is 19.4. The van der Waals surface area contributed by atoms with Crippen LogP contribution in [0.15, 0.2) is 55.0 Å². The zero-order chi connectivity index (χ0) is 21.6.